The molecule has 2 unspecified atom stereocenters. The van der Waals surface area contributed by atoms with E-state index in [0.717, 1.165) is 18.4 Å². The Kier molecular flexibility index (Phi) is 5.55. The van der Waals surface area contributed by atoms with Crippen LogP contribution in [0, 0.1) is 0 Å². The molecule has 2 aliphatic rings. The van der Waals surface area contributed by atoms with Crippen LogP contribution in [0.5, 0.6) is 0 Å². The average Bonchev–Trinajstić information content (AvgIpc) is 3.05. The molecule has 0 radical (unpaired) electrons. The Bertz CT molecular complexity index is 882. The molecular weight excluding hydrogens is 455 g/mol. The van der Waals surface area contributed by atoms with Crippen molar-refractivity contribution in [2.45, 2.75) is 24.9 Å². The maximum atomic E-state index is 13.1. The largest absolute Gasteiger partial charge is 0.377 e. The lowest BCUT2D eigenvalue weighted by Gasteiger charge is -2.36. The zero-order valence-corrected chi connectivity index (χ0v) is 17.4. The summed E-state index contributed by atoms with van der Waals surface area (Å²) in [7, 11) is 0. The fraction of sp³-hybridized carbons (Fsp3) is 0.389. The lowest BCUT2D eigenvalue weighted by atomic mass is 10.1. The summed E-state index contributed by atoms with van der Waals surface area (Å²) in [6.45, 7) is 1.34. The topological polar surface area (TPSA) is 67.3 Å². The number of fused-ring (bicyclic) bond motifs is 1. The van der Waals surface area contributed by atoms with Crippen LogP contribution in [0.2, 0.25) is 10.3 Å². The standard InChI is InChI=1S/C18H17BrCl2N4O2/c19-13-8-22-18(21)24-16(13)25-5-6-27-9-15(25)17(26)23-14-4-2-10-1-3-11(20)7-12(10)14/h1,3,7-8,14-15H,2,4-6,9H2,(H,23,26). The second kappa shape index (κ2) is 7.91. The van der Waals surface area contributed by atoms with E-state index >= 15 is 0 Å². The molecule has 2 aromatic rings. The molecule has 1 aromatic heterocycles. The molecule has 0 bridgehead atoms. The number of nitrogens with zero attached hydrogens (tertiary/aromatic N) is 3. The molecule has 142 valence electrons. The number of carbonyl (C=O) groups excluding carboxylic acids is 1. The quantitative estimate of drug-likeness (QED) is 0.693. The molecule has 1 aliphatic carbocycles. The molecule has 2 heterocycles. The summed E-state index contributed by atoms with van der Waals surface area (Å²) in [5.41, 5.74) is 2.32. The number of halogens is 3. The van der Waals surface area contributed by atoms with Gasteiger partial charge in [0.15, 0.2) is 0 Å². The molecule has 6 nitrogen and oxygen atoms in total. The van der Waals surface area contributed by atoms with E-state index in [2.05, 4.69) is 31.2 Å². The van der Waals surface area contributed by atoms with Crippen molar-refractivity contribution < 1.29 is 9.53 Å². The molecule has 1 saturated heterocycles. The molecular formula is C18H17BrCl2N4O2. The molecule has 0 saturated carbocycles. The third kappa shape index (κ3) is 3.92. The van der Waals surface area contributed by atoms with E-state index < -0.39 is 6.04 Å². The Hall–Kier alpha value is -1.41. The van der Waals surface area contributed by atoms with Crippen molar-refractivity contribution in [3.05, 3.63) is 50.3 Å². The number of benzene rings is 1. The molecule has 1 amide bonds. The van der Waals surface area contributed by atoms with Crippen LogP contribution in [0.15, 0.2) is 28.9 Å². The highest BCUT2D eigenvalue weighted by atomic mass is 79.9. The van der Waals surface area contributed by atoms with Gasteiger partial charge >= 0.3 is 0 Å². The van der Waals surface area contributed by atoms with Crippen molar-refractivity contribution in [1.82, 2.24) is 15.3 Å². The highest BCUT2D eigenvalue weighted by Crippen LogP contribution is 2.34. The zero-order valence-electron chi connectivity index (χ0n) is 14.3. The minimum Gasteiger partial charge on any atom is -0.377 e. The Morgan fingerprint density at radius 1 is 1.37 bits per heavy atom. The van der Waals surface area contributed by atoms with Crippen LogP contribution in [0.1, 0.15) is 23.6 Å². The fourth-order valence-corrected chi connectivity index (χ4v) is 4.33. The second-order valence-corrected chi connectivity index (χ2v) is 8.17. The van der Waals surface area contributed by atoms with Crippen LogP contribution in [-0.2, 0) is 16.0 Å². The number of aromatic nitrogens is 2. The summed E-state index contributed by atoms with van der Waals surface area (Å²) in [6, 6.07) is 5.30. The van der Waals surface area contributed by atoms with Crippen molar-refractivity contribution in [1.29, 1.82) is 0 Å². The normalized spacial score (nSPS) is 21.8. The SMILES string of the molecule is O=C(NC1CCc2ccc(Cl)cc21)C1COCCN1c1nc(Cl)ncc1Br. The summed E-state index contributed by atoms with van der Waals surface area (Å²) in [5, 5.41) is 3.97. The third-order valence-corrected chi connectivity index (χ3v) is 5.88. The predicted molar refractivity (Wildman–Crippen MR) is 107 cm³/mol. The maximum absolute atomic E-state index is 13.1. The number of ether oxygens (including phenoxy) is 1. The van der Waals surface area contributed by atoms with Crippen LogP contribution >= 0.6 is 39.1 Å². The van der Waals surface area contributed by atoms with E-state index in [-0.39, 0.29) is 23.8 Å². The minimum atomic E-state index is -0.496. The van der Waals surface area contributed by atoms with E-state index in [1.807, 2.05) is 23.1 Å². The van der Waals surface area contributed by atoms with Crippen molar-refractivity contribution >= 4 is 50.9 Å². The number of nitrogens with one attached hydrogen (secondary N) is 1. The molecule has 0 spiro atoms. The molecule has 1 fully saturated rings. The summed E-state index contributed by atoms with van der Waals surface area (Å²) in [6.07, 6.45) is 3.37. The predicted octanol–water partition coefficient (Wildman–Crippen LogP) is 3.55. The van der Waals surface area contributed by atoms with Gasteiger partial charge in [-0.1, -0.05) is 17.7 Å². The van der Waals surface area contributed by atoms with Gasteiger partial charge in [-0.05, 0) is 63.6 Å². The van der Waals surface area contributed by atoms with Gasteiger partial charge in [0.2, 0.25) is 11.2 Å². The van der Waals surface area contributed by atoms with Gasteiger partial charge < -0.3 is 15.0 Å². The molecule has 9 heteroatoms. The Labute approximate surface area is 175 Å². The van der Waals surface area contributed by atoms with Crippen LogP contribution in [-0.4, -0.2) is 41.7 Å². The molecule has 1 aliphatic heterocycles. The number of morpholine rings is 1. The van der Waals surface area contributed by atoms with Crippen molar-refractivity contribution in [3.63, 3.8) is 0 Å². The summed E-state index contributed by atoms with van der Waals surface area (Å²) in [4.78, 5) is 23.2. The third-order valence-electron chi connectivity index (χ3n) is 4.90. The number of anilines is 1. The van der Waals surface area contributed by atoms with E-state index in [9.17, 15) is 4.79 Å². The number of hydrogen-bond donors (Lipinski definition) is 1. The number of carbonyl (C=O) groups is 1. The zero-order chi connectivity index (χ0) is 19.0. The van der Waals surface area contributed by atoms with E-state index in [4.69, 9.17) is 27.9 Å². The highest BCUT2D eigenvalue weighted by molar-refractivity contribution is 9.10. The van der Waals surface area contributed by atoms with Gasteiger partial charge in [-0.25, -0.2) is 4.98 Å². The van der Waals surface area contributed by atoms with Gasteiger partial charge in [0.05, 0.1) is 23.7 Å². The smallest absolute Gasteiger partial charge is 0.245 e. The fourth-order valence-electron chi connectivity index (χ4n) is 3.60. The van der Waals surface area contributed by atoms with Crippen LogP contribution in [0.3, 0.4) is 0 Å². The molecule has 1 aromatic carbocycles. The maximum Gasteiger partial charge on any atom is 0.245 e. The first-order chi connectivity index (χ1) is 13.0. The number of amides is 1. The summed E-state index contributed by atoms with van der Waals surface area (Å²) in [5.74, 6) is 0.488. The van der Waals surface area contributed by atoms with Gasteiger partial charge in [0, 0.05) is 17.8 Å². The first kappa shape index (κ1) is 18.9. The van der Waals surface area contributed by atoms with Crippen LogP contribution in [0.25, 0.3) is 0 Å². The number of hydrogen-bond acceptors (Lipinski definition) is 5. The van der Waals surface area contributed by atoms with Gasteiger partial charge in [0.25, 0.3) is 0 Å². The lowest BCUT2D eigenvalue weighted by Crippen LogP contribution is -2.54. The summed E-state index contributed by atoms with van der Waals surface area (Å²) < 4.78 is 6.25. The molecule has 4 rings (SSSR count). The molecule has 27 heavy (non-hydrogen) atoms. The number of rotatable bonds is 3. The number of aryl methyl sites for hydroxylation is 1. The second-order valence-electron chi connectivity index (χ2n) is 6.54. The van der Waals surface area contributed by atoms with Gasteiger partial charge in [-0.3, -0.25) is 4.79 Å². The van der Waals surface area contributed by atoms with Crippen molar-refractivity contribution in [2.75, 3.05) is 24.7 Å². The monoisotopic (exact) mass is 470 g/mol. The van der Waals surface area contributed by atoms with Gasteiger partial charge in [0.1, 0.15) is 11.9 Å². The van der Waals surface area contributed by atoms with E-state index in [1.165, 1.54) is 5.56 Å². The minimum absolute atomic E-state index is 0.0487. The molecule has 2 atom stereocenters. The lowest BCUT2D eigenvalue weighted by molar-refractivity contribution is -0.125. The van der Waals surface area contributed by atoms with Crippen LogP contribution < -0.4 is 10.2 Å². The Morgan fingerprint density at radius 3 is 3.07 bits per heavy atom. The summed E-state index contributed by atoms with van der Waals surface area (Å²) >= 11 is 15.5. The highest BCUT2D eigenvalue weighted by Gasteiger charge is 2.34. The first-order valence-corrected chi connectivity index (χ1v) is 10.2. The van der Waals surface area contributed by atoms with Crippen LogP contribution in [0.4, 0.5) is 5.82 Å². The van der Waals surface area contributed by atoms with Crippen molar-refractivity contribution in [3.8, 4) is 0 Å². The Morgan fingerprint density at radius 2 is 2.22 bits per heavy atom. The van der Waals surface area contributed by atoms with E-state index in [1.54, 1.807) is 6.20 Å². The average molecular weight is 472 g/mol. The first-order valence-electron chi connectivity index (χ1n) is 8.64. The van der Waals surface area contributed by atoms with E-state index in [0.29, 0.717) is 28.5 Å². The van der Waals surface area contributed by atoms with Gasteiger partial charge in [-0.2, -0.15) is 4.98 Å². The Balaban J connectivity index is 1.55. The molecule has 1 N–H and O–H groups in total. The van der Waals surface area contributed by atoms with Crippen molar-refractivity contribution in [2.24, 2.45) is 0 Å². The van der Waals surface area contributed by atoms with Gasteiger partial charge in [-0.15, -0.1) is 0 Å².